The maximum atomic E-state index is 12.4. The first-order valence-electron chi connectivity index (χ1n) is 6.54. The van der Waals surface area contributed by atoms with Crippen LogP contribution in [0.25, 0.3) is 11.3 Å². The summed E-state index contributed by atoms with van der Waals surface area (Å²) in [5.74, 6) is -0.127. The molecule has 0 spiro atoms. The highest BCUT2D eigenvalue weighted by Gasteiger charge is 2.16. The predicted octanol–water partition coefficient (Wildman–Crippen LogP) is 2.84. The quantitative estimate of drug-likeness (QED) is 0.842. The number of aryl methyl sites for hydroxylation is 1. The lowest BCUT2D eigenvalue weighted by molar-refractivity contribution is 0.471. The van der Waals surface area contributed by atoms with E-state index in [-0.39, 0.29) is 22.6 Å². The van der Waals surface area contributed by atoms with Crippen LogP contribution in [0.2, 0.25) is 0 Å². The van der Waals surface area contributed by atoms with E-state index in [4.69, 9.17) is 5.41 Å². The standard InChI is InChI=1S/C16H18N2O2/c1-4-12(17)15-14(19)9-13(18(3)16(15)20)11-8-6-5-7-10(11)2/h5-9,17,19H,4H2,1-3H3. The molecule has 2 aromatic rings. The van der Waals surface area contributed by atoms with Gasteiger partial charge in [-0.1, -0.05) is 31.2 Å². The Hall–Kier alpha value is -2.36. The Balaban J connectivity index is 2.74. The van der Waals surface area contributed by atoms with Gasteiger partial charge < -0.3 is 15.1 Å². The minimum atomic E-state index is -0.338. The van der Waals surface area contributed by atoms with Crippen molar-refractivity contribution in [3.8, 4) is 17.0 Å². The molecule has 104 valence electrons. The van der Waals surface area contributed by atoms with Gasteiger partial charge in [-0.05, 0) is 18.9 Å². The SMILES string of the molecule is CCC(=N)c1c(O)cc(-c2ccccc2C)n(C)c1=O. The molecule has 0 saturated carbocycles. The van der Waals surface area contributed by atoms with Crippen molar-refractivity contribution < 1.29 is 5.11 Å². The van der Waals surface area contributed by atoms with Gasteiger partial charge in [0.15, 0.2) is 0 Å². The van der Waals surface area contributed by atoms with Crippen LogP contribution in [0.3, 0.4) is 0 Å². The second-order valence-corrected chi connectivity index (χ2v) is 4.80. The highest BCUT2D eigenvalue weighted by atomic mass is 16.3. The molecule has 4 heteroatoms. The molecule has 0 aliphatic rings. The Morgan fingerprint density at radius 1 is 1.35 bits per heavy atom. The van der Waals surface area contributed by atoms with Crippen LogP contribution in [0.15, 0.2) is 35.1 Å². The third-order valence-electron chi connectivity index (χ3n) is 3.49. The molecule has 2 N–H and O–H groups in total. The van der Waals surface area contributed by atoms with Gasteiger partial charge in [-0.15, -0.1) is 0 Å². The molecule has 0 atom stereocenters. The Bertz CT molecular complexity index is 730. The molecular formula is C16H18N2O2. The summed E-state index contributed by atoms with van der Waals surface area (Å²) >= 11 is 0. The fraction of sp³-hybridized carbons (Fsp3) is 0.250. The molecule has 0 fully saturated rings. The summed E-state index contributed by atoms with van der Waals surface area (Å²) in [4.78, 5) is 12.4. The van der Waals surface area contributed by atoms with E-state index in [0.717, 1.165) is 11.1 Å². The van der Waals surface area contributed by atoms with Gasteiger partial charge in [0.1, 0.15) is 11.3 Å². The molecule has 1 heterocycles. The number of aromatic hydroxyl groups is 1. The number of rotatable bonds is 3. The molecule has 0 bridgehead atoms. The summed E-state index contributed by atoms with van der Waals surface area (Å²) in [6.07, 6.45) is 0.409. The predicted molar refractivity (Wildman–Crippen MR) is 80.6 cm³/mol. The molecule has 0 unspecified atom stereocenters. The lowest BCUT2D eigenvalue weighted by Gasteiger charge is -2.14. The molecule has 20 heavy (non-hydrogen) atoms. The topological polar surface area (TPSA) is 66.1 Å². The number of nitrogens with one attached hydrogen (secondary N) is 1. The zero-order chi connectivity index (χ0) is 14.9. The van der Waals surface area contributed by atoms with Crippen LogP contribution in [0.4, 0.5) is 0 Å². The smallest absolute Gasteiger partial charge is 0.263 e. The van der Waals surface area contributed by atoms with Gasteiger partial charge in [0.05, 0.1) is 5.69 Å². The fourth-order valence-electron chi connectivity index (χ4n) is 2.26. The molecule has 1 aromatic heterocycles. The third-order valence-corrected chi connectivity index (χ3v) is 3.49. The van der Waals surface area contributed by atoms with Crippen LogP contribution >= 0.6 is 0 Å². The van der Waals surface area contributed by atoms with E-state index in [2.05, 4.69) is 0 Å². The van der Waals surface area contributed by atoms with Crippen LogP contribution in [0.1, 0.15) is 24.5 Å². The summed E-state index contributed by atoms with van der Waals surface area (Å²) in [6.45, 7) is 3.75. The minimum absolute atomic E-state index is 0.0901. The van der Waals surface area contributed by atoms with Gasteiger partial charge >= 0.3 is 0 Å². The van der Waals surface area contributed by atoms with E-state index in [1.165, 1.54) is 4.57 Å². The van der Waals surface area contributed by atoms with Gasteiger partial charge in [0, 0.05) is 24.4 Å². The van der Waals surface area contributed by atoms with Gasteiger partial charge in [0.2, 0.25) is 0 Å². The molecule has 4 nitrogen and oxygen atoms in total. The van der Waals surface area contributed by atoms with Crippen LogP contribution in [0, 0.1) is 12.3 Å². The van der Waals surface area contributed by atoms with Crippen molar-refractivity contribution in [1.82, 2.24) is 4.57 Å². The van der Waals surface area contributed by atoms with Crippen LogP contribution in [-0.4, -0.2) is 15.4 Å². The second-order valence-electron chi connectivity index (χ2n) is 4.80. The van der Waals surface area contributed by atoms with Crippen molar-refractivity contribution in [2.45, 2.75) is 20.3 Å². The fourth-order valence-corrected chi connectivity index (χ4v) is 2.26. The summed E-state index contributed by atoms with van der Waals surface area (Å²) in [5, 5.41) is 17.9. The summed E-state index contributed by atoms with van der Waals surface area (Å²) < 4.78 is 1.49. The van der Waals surface area contributed by atoms with Crippen molar-refractivity contribution in [3.05, 3.63) is 51.8 Å². The molecule has 0 saturated heterocycles. The lowest BCUT2D eigenvalue weighted by Crippen LogP contribution is -2.25. The maximum Gasteiger partial charge on any atom is 0.263 e. The highest BCUT2D eigenvalue weighted by molar-refractivity contribution is 6.00. The Labute approximate surface area is 117 Å². The van der Waals surface area contributed by atoms with Crippen molar-refractivity contribution in [1.29, 1.82) is 5.41 Å². The largest absolute Gasteiger partial charge is 0.507 e. The molecule has 0 aliphatic heterocycles. The average molecular weight is 270 g/mol. The van der Waals surface area contributed by atoms with E-state index >= 15 is 0 Å². The van der Waals surface area contributed by atoms with Crippen LogP contribution < -0.4 is 5.56 Å². The molecular weight excluding hydrogens is 252 g/mol. The van der Waals surface area contributed by atoms with Crippen molar-refractivity contribution in [2.75, 3.05) is 0 Å². The van der Waals surface area contributed by atoms with Crippen LogP contribution in [-0.2, 0) is 7.05 Å². The zero-order valence-corrected chi connectivity index (χ0v) is 11.9. The van der Waals surface area contributed by atoms with Crippen molar-refractivity contribution in [2.24, 2.45) is 7.05 Å². The molecule has 0 amide bonds. The third kappa shape index (κ3) is 2.25. The Morgan fingerprint density at radius 2 is 2.00 bits per heavy atom. The van der Waals surface area contributed by atoms with E-state index in [1.54, 1.807) is 20.0 Å². The first-order valence-corrected chi connectivity index (χ1v) is 6.54. The second kappa shape index (κ2) is 5.33. The monoisotopic (exact) mass is 270 g/mol. The Morgan fingerprint density at radius 3 is 2.60 bits per heavy atom. The minimum Gasteiger partial charge on any atom is -0.507 e. The highest BCUT2D eigenvalue weighted by Crippen LogP contribution is 2.26. The first-order chi connectivity index (χ1) is 9.47. The maximum absolute atomic E-state index is 12.4. The number of nitrogens with zero attached hydrogens (tertiary/aromatic N) is 1. The molecule has 2 rings (SSSR count). The number of hydrogen-bond acceptors (Lipinski definition) is 3. The average Bonchev–Trinajstić information content (AvgIpc) is 2.43. The number of aromatic nitrogens is 1. The van der Waals surface area contributed by atoms with Gasteiger partial charge in [-0.3, -0.25) is 4.79 Å². The summed E-state index contributed by atoms with van der Waals surface area (Å²) in [5.41, 5.74) is 2.48. The van der Waals surface area contributed by atoms with E-state index in [0.29, 0.717) is 12.1 Å². The Kier molecular flexibility index (Phi) is 3.74. The van der Waals surface area contributed by atoms with E-state index in [9.17, 15) is 9.90 Å². The zero-order valence-electron chi connectivity index (χ0n) is 11.9. The molecule has 0 radical (unpaired) electrons. The summed E-state index contributed by atoms with van der Waals surface area (Å²) in [6, 6.07) is 9.25. The summed E-state index contributed by atoms with van der Waals surface area (Å²) in [7, 11) is 1.66. The van der Waals surface area contributed by atoms with Gasteiger partial charge in [-0.2, -0.15) is 0 Å². The van der Waals surface area contributed by atoms with Crippen LogP contribution in [0.5, 0.6) is 5.75 Å². The number of hydrogen-bond donors (Lipinski definition) is 2. The van der Waals surface area contributed by atoms with E-state index < -0.39 is 0 Å². The molecule has 1 aromatic carbocycles. The molecule has 0 aliphatic carbocycles. The normalized spacial score (nSPS) is 10.6. The van der Waals surface area contributed by atoms with Gasteiger partial charge in [-0.25, -0.2) is 0 Å². The number of pyridine rings is 1. The van der Waals surface area contributed by atoms with Crippen molar-refractivity contribution in [3.63, 3.8) is 0 Å². The number of benzene rings is 1. The van der Waals surface area contributed by atoms with Gasteiger partial charge in [0.25, 0.3) is 5.56 Å². The van der Waals surface area contributed by atoms with E-state index in [1.807, 2.05) is 31.2 Å². The first kappa shape index (κ1) is 14.1. The lowest BCUT2D eigenvalue weighted by atomic mass is 10.0. The van der Waals surface area contributed by atoms with Crippen molar-refractivity contribution >= 4 is 5.71 Å².